The van der Waals surface area contributed by atoms with E-state index in [1.807, 2.05) is 23.9 Å². The lowest BCUT2D eigenvalue weighted by Gasteiger charge is -2.26. The second kappa shape index (κ2) is 7.50. The van der Waals surface area contributed by atoms with E-state index in [1.165, 1.54) is 21.6 Å². The zero-order valence-corrected chi connectivity index (χ0v) is 17.0. The van der Waals surface area contributed by atoms with E-state index < -0.39 is 5.60 Å². The summed E-state index contributed by atoms with van der Waals surface area (Å²) < 4.78 is 0. The molecule has 27 heavy (non-hydrogen) atoms. The van der Waals surface area contributed by atoms with Gasteiger partial charge in [-0.15, -0.1) is 11.8 Å². The van der Waals surface area contributed by atoms with Gasteiger partial charge in [0.05, 0.1) is 5.60 Å². The normalized spacial score (nSPS) is 27.8. The first-order valence-corrected chi connectivity index (χ1v) is 10.8. The van der Waals surface area contributed by atoms with Crippen molar-refractivity contribution >= 4 is 11.8 Å². The fourth-order valence-corrected chi connectivity index (χ4v) is 5.94. The minimum atomic E-state index is -0.536. The van der Waals surface area contributed by atoms with Gasteiger partial charge in [-0.05, 0) is 68.4 Å². The summed E-state index contributed by atoms with van der Waals surface area (Å²) in [5, 5.41) is 20.6. The molecule has 0 spiro atoms. The molecular weight excluding hydrogens is 354 g/mol. The Balaban J connectivity index is 1.31. The van der Waals surface area contributed by atoms with Crippen LogP contribution < -0.4 is 0 Å². The molecule has 0 aromatic heterocycles. The Morgan fingerprint density at radius 3 is 2.19 bits per heavy atom. The molecule has 1 saturated carbocycles. The Bertz CT molecular complexity index is 770. The maximum Gasteiger partial charge on any atom is 0.115 e. The van der Waals surface area contributed by atoms with Gasteiger partial charge < -0.3 is 10.2 Å². The highest BCUT2D eigenvalue weighted by Crippen LogP contribution is 2.45. The summed E-state index contributed by atoms with van der Waals surface area (Å²) in [6.45, 7) is 6.44. The molecule has 0 radical (unpaired) electrons. The molecule has 3 nitrogen and oxygen atoms in total. The van der Waals surface area contributed by atoms with Gasteiger partial charge in [0.15, 0.2) is 0 Å². The lowest BCUT2D eigenvalue weighted by atomic mass is 9.90. The fraction of sp³-hybridized carbons (Fsp3) is 0.478. The second-order valence-electron chi connectivity index (χ2n) is 8.63. The van der Waals surface area contributed by atoms with Crippen molar-refractivity contribution < 1.29 is 10.2 Å². The van der Waals surface area contributed by atoms with Crippen molar-refractivity contribution in [2.45, 2.75) is 43.6 Å². The highest BCUT2D eigenvalue weighted by molar-refractivity contribution is 7.99. The predicted molar refractivity (Wildman–Crippen MR) is 111 cm³/mol. The molecule has 1 heterocycles. The summed E-state index contributed by atoms with van der Waals surface area (Å²) in [4.78, 5) is 3.71. The Labute approximate surface area is 166 Å². The van der Waals surface area contributed by atoms with E-state index in [9.17, 15) is 10.2 Å². The molecule has 0 unspecified atom stereocenters. The van der Waals surface area contributed by atoms with Crippen molar-refractivity contribution in [2.75, 3.05) is 19.0 Å². The van der Waals surface area contributed by atoms with Crippen LogP contribution in [0.1, 0.15) is 29.5 Å². The first-order chi connectivity index (χ1) is 12.9. The predicted octanol–water partition coefficient (Wildman–Crippen LogP) is 4.37. The number of hydrogen-bond donors (Lipinski definition) is 2. The average Bonchev–Trinajstić information content (AvgIpc) is 3.07. The lowest BCUT2D eigenvalue weighted by molar-refractivity contribution is 0.0362. The molecular formula is C23H29NO2S. The van der Waals surface area contributed by atoms with Crippen LogP contribution in [0.25, 0.3) is 0 Å². The Morgan fingerprint density at radius 1 is 1.00 bits per heavy atom. The molecule has 1 saturated heterocycles. The molecule has 2 N–H and O–H groups in total. The summed E-state index contributed by atoms with van der Waals surface area (Å²) in [6.07, 6.45) is 2.63. The minimum absolute atomic E-state index is 0.318. The number of phenols is 1. The van der Waals surface area contributed by atoms with Crippen LogP contribution in [0.3, 0.4) is 0 Å². The number of fused-ring (bicyclic) bond motifs is 1. The molecule has 0 amide bonds. The van der Waals surface area contributed by atoms with E-state index in [4.69, 9.17) is 0 Å². The van der Waals surface area contributed by atoms with E-state index >= 15 is 0 Å². The number of hydrogen-bond acceptors (Lipinski definition) is 4. The van der Waals surface area contributed by atoms with Crippen LogP contribution >= 0.6 is 11.8 Å². The summed E-state index contributed by atoms with van der Waals surface area (Å²) in [5.41, 5.74) is 3.30. The van der Waals surface area contributed by atoms with Gasteiger partial charge in [-0.25, -0.2) is 0 Å². The van der Waals surface area contributed by atoms with E-state index in [-0.39, 0.29) is 0 Å². The molecule has 1 aliphatic heterocycles. The number of aryl methyl sites for hydroxylation is 2. The first kappa shape index (κ1) is 18.9. The molecule has 144 valence electrons. The smallest absolute Gasteiger partial charge is 0.115 e. The molecule has 4 heteroatoms. The van der Waals surface area contributed by atoms with Crippen LogP contribution in [0, 0.1) is 25.7 Å². The molecule has 2 aromatic rings. The molecule has 2 aliphatic rings. The Kier molecular flexibility index (Phi) is 5.23. The van der Waals surface area contributed by atoms with Gasteiger partial charge in [-0.1, -0.05) is 29.3 Å². The van der Waals surface area contributed by atoms with Crippen molar-refractivity contribution in [3.05, 3.63) is 59.2 Å². The van der Waals surface area contributed by atoms with Crippen LogP contribution in [-0.4, -0.2) is 39.7 Å². The van der Waals surface area contributed by atoms with Crippen molar-refractivity contribution in [1.82, 2.24) is 4.90 Å². The van der Waals surface area contributed by atoms with Gasteiger partial charge in [0.2, 0.25) is 0 Å². The van der Waals surface area contributed by atoms with Crippen molar-refractivity contribution in [3.63, 3.8) is 0 Å². The van der Waals surface area contributed by atoms with Crippen LogP contribution in [-0.2, 0) is 6.42 Å². The maximum absolute atomic E-state index is 11.2. The summed E-state index contributed by atoms with van der Waals surface area (Å²) in [6, 6.07) is 14.1. The largest absolute Gasteiger partial charge is 0.508 e. The average molecular weight is 384 g/mol. The van der Waals surface area contributed by atoms with E-state index in [0.717, 1.165) is 38.2 Å². The Hall–Kier alpha value is -1.49. The fourth-order valence-electron chi connectivity index (χ4n) is 5.07. The van der Waals surface area contributed by atoms with E-state index in [1.54, 1.807) is 12.1 Å². The van der Waals surface area contributed by atoms with Crippen LogP contribution in [0.5, 0.6) is 5.75 Å². The second-order valence-corrected chi connectivity index (χ2v) is 9.65. The van der Waals surface area contributed by atoms with Gasteiger partial charge in [0.25, 0.3) is 0 Å². The van der Waals surface area contributed by atoms with Gasteiger partial charge in [-0.3, -0.25) is 4.90 Å². The highest BCUT2D eigenvalue weighted by Gasteiger charge is 2.47. The number of aliphatic hydroxyl groups is 1. The number of benzene rings is 2. The van der Waals surface area contributed by atoms with Gasteiger partial charge in [0, 0.05) is 30.3 Å². The topological polar surface area (TPSA) is 43.7 Å². The molecule has 4 rings (SSSR count). The monoisotopic (exact) mass is 383 g/mol. The standard InChI is InChI=1S/C23H29NO2S/c1-16-7-17(2)9-18(8-16)10-23(26)11-19-13-24(14-20(19)12-23)15-27-22-5-3-21(25)4-6-22/h3-9,19-20,25-26H,10-15H2,1-2H3/t19-,20+,23-. The number of aromatic hydroxyl groups is 1. The molecule has 3 atom stereocenters. The number of thioether (sulfide) groups is 1. The highest BCUT2D eigenvalue weighted by atomic mass is 32.2. The number of likely N-dealkylation sites (tertiary alicyclic amines) is 1. The third-order valence-corrected chi connectivity index (χ3v) is 7.10. The van der Waals surface area contributed by atoms with Gasteiger partial charge in [-0.2, -0.15) is 0 Å². The summed E-state index contributed by atoms with van der Waals surface area (Å²) in [5.74, 6) is 2.52. The van der Waals surface area contributed by atoms with Crippen molar-refractivity contribution in [3.8, 4) is 5.75 Å². The molecule has 2 aromatic carbocycles. The number of rotatable bonds is 5. The summed E-state index contributed by atoms with van der Waals surface area (Å²) >= 11 is 1.82. The lowest BCUT2D eigenvalue weighted by Crippen LogP contribution is -2.32. The van der Waals surface area contributed by atoms with Gasteiger partial charge >= 0.3 is 0 Å². The van der Waals surface area contributed by atoms with Gasteiger partial charge in [0.1, 0.15) is 5.75 Å². The molecule has 1 aliphatic carbocycles. The third kappa shape index (κ3) is 4.50. The van der Waals surface area contributed by atoms with Crippen LogP contribution in [0.2, 0.25) is 0 Å². The minimum Gasteiger partial charge on any atom is -0.508 e. The SMILES string of the molecule is Cc1cc(C)cc(C[C@]2(O)C[C@H]3CN(CSc4ccc(O)cc4)C[C@H]3C2)c1. The van der Waals surface area contributed by atoms with E-state index in [2.05, 4.69) is 36.9 Å². The van der Waals surface area contributed by atoms with Crippen molar-refractivity contribution in [2.24, 2.45) is 11.8 Å². The van der Waals surface area contributed by atoms with Crippen LogP contribution in [0.15, 0.2) is 47.4 Å². The molecule has 2 fully saturated rings. The van der Waals surface area contributed by atoms with Crippen LogP contribution in [0.4, 0.5) is 0 Å². The summed E-state index contributed by atoms with van der Waals surface area (Å²) in [7, 11) is 0. The molecule has 0 bridgehead atoms. The third-order valence-electron chi connectivity index (χ3n) is 6.00. The maximum atomic E-state index is 11.2. The zero-order valence-electron chi connectivity index (χ0n) is 16.2. The number of phenolic OH excluding ortho intramolecular Hbond substituents is 1. The zero-order chi connectivity index (χ0) is 19.0. The van der Waals surface area contributed by atoms with E-state index in [0.29, 0.717) is 17.6 Å². The Morgan fingerprint density at radius 2 is 1.59 bits per heavy atom. The quantitative estimate of drug-likeness (QED) is 0.753. The number of nitrogens with zero attached hydrogens (tertiary/aromatic N) is 1. The first-order valence-electron chi connectivity index (χ1n) is 9.82. The van der Waals surface area contributed by atoms with Crippen molar-refractivity contribution in [1.29, 1.82) is 0 Å².